The number of para-hydroxylation sites is 2. The van der Waals surface area contributed by atoms with Crippen molar-refractivity contribution in [3.8, 4) is 11.3 Å². The second-order valence-corrected chi connectivity index (χ2v) is 7.05. The summed E-state index contributed by atoms with van der Waals surface area (Å²) in [4.78, 5) is 4.88. The molecule has 0 bridgehead atoms. The summed E-state index contributed by atoms with van der Waals surface area (Å²) in [5.41, 5.74) is 4.53. The number of aromatic nitrogens is 2. The third-order valence-corrected chi connectivity index (χ3v) is 4.69. The highest BCUT2D eigenvalue weighted by Crippen LogP contribution is 2.23. The molecule has 2 nitrogen and oxygen atoms in total. The first-order valence-corrected chi connectivity index (χ1v) is 8.99. The van der Waals surface area contributed by atoms with E-state index in [2.05, 4.69) is 85.3 Å². The summed E-state index contributed by atoms with van der Waals surface area (Å²) in [7, 11) is 0. The normalized spacial score (nSPS) is 11.0. The summed E-state index contributed by atoms with van der Waals surface area (Å²) in [5, 5.41) is 2.44. The van der Waals surface area contributed by atoms with Crippen molar-refractivity contribution >= 4 is 21.8 Å². The van der Waals surface area contributed by atoms with Crippen LogP contribution in [0.3, 0.4) is 0 Å². The van der Waals surface area contributed by atoms with Crippen molar-refractivity contribution in [3.63, 3.8) is 0 Å². The van der Waals surface area contributed by atoms with E-state index in [1.165, 1.54) is 28.3 Å². The van der Waals surface area contributed by atoms with Gasteiger partial charge < -0.3 is 24.0 Å². The Bertz CT molecular complexity index is 1040. The number of aryl methyl sites for hydroxylation is 1. The topological polar surface area (TPSA) is 16.8 Å². The molecule has 0 saturated heterocycles. The molecule has 26 heavy (non-hydrogen) atoms. The number of hydrogen-bond acceptors (Lipinski definition) is 1. The van der Waals surface area contributed by atoms with E-state index in [1.807, 2.05) is 6.07 Å². The first-order chi connectivity index (χ1) is 12.2. The van der Waals surface area contributed by atoms with Crippen molar-refractivity contribution < 1.29 is 28.5 Å². The Hall–Kier alpha value is -2.01. The van der Waals surface area contributed by atoms with Gasteiger partial charge in [0.05, 0.1) is 16.8 Å². The molecule has 3 heteroatoms. The fraction of sp³-hybridized carbons (Fsp3) is 0.217. The first kappa shape index (κ1) is 18.8. The molecule has 2 heterocycles. The Morgan fingerprint density at radius 2 is 1.62 bits per heavy atom. The molecule has 0 amide bonds. The molecule has 0 spiro atoms. The lowest BCUT2D eigenvalue weighted by atomic mass is 10.1. The maximum absolute atomic E-state index is 4.88. The number of pyridine rings is 2. The largest absolute Gasteiger partial charge is 1.00 e. The molecular weight excluding hydrogens is 431 g/mol. The zero-order valence-electron chi connectivity index (χ0n) is 15.2. The Morgan fingerprint density at radius 1 is 0.885 bits per heavy atom. The van der Waals surface area contributed by atoms with E-state index in [-0.39, 0.29) is 24.0 Å². The summed E-state index contributed by atoms with van der Waals surface area (Å²) in [6.45, 7) is 5.58. The van der Waals surface area contributed by atoms with Gasteiger partial charge in [0, 0.05) is 23.3 Å². The van der Waals surface area contributed by atoms with Gasteiger partial charge in [0.1, 0.15) is 6.54 Å². The zero-order chi connectivity index (χ0) is 17.2. The van der Waals surface area contributed by atoms with Crippen LogP contribution in [0.1, 0.15) is 20.3 Å². The highest BCUT2D eigenvalue weighted by atomic mass is 127. The molecule has 0 aliphatic rings. The molecule has 0 aliphatic heterocycles. The number of fused-ring (bicyclic) bond motifs is 2. The molecule has 0 aliphatic carbocycles. The fourth-order valence-electron chi connectivity index (χ4n) is 3.26. The van der Waals surface area contributed by atoms with Crippen molar-refractivity contribution in [2.24, 2.45) is 5.92 Å². The van der Waals surface area contributed by atoms with Gasteiger partial charge in [-0.2, -0.15) is 4.57 Å². The van der Waals surface area contributed by atoms with Gasteiger partial charge in [0.25, 0.3) is 0 Å². The van der Waals surface area contributed by atoms with Gasteiger partial charge in [0.15, 0.2) is 6.20 Å². The summed E-state index contributed by atoms with van der Waals surface area (Å²) < 4.78 is 2.38. The highest BCUT2D eigenvalue weighted by molar-refractivity contribution is 5.84. The lowest BCUT2D eigenvalue weighted by molar-refractivity contribution is -0.672. The first-order valence-electron chi connectivity index (χ1n) is 8.99. The van der Waals surface area contributed by atoms with Crippen LogP contribution in [-0.2, 0) is 6.54 Å². The van der Waals surface area contributed by atoms with Gasteiger partial charge in [-0.1, -0.05) is 50.2 Å². The molecule has 0 saturated carbocycles. The van der Waals surface area contributed by atoms with Crippen molar-refractivity contribution in [2.45, 2.75) is 26.8 Å². The molecule has 132 valence electrons. The minimum absolute atomic E-state index is 0. The van der Waals surface area contributed by atoms with Crippen LogP contribution in [0.15, 0.2) is 72.9 Å². The van der Waals surface area contributed by atoms with Gasteiger partial charge >= 0.3 is 0 Å². The average Bonchev–Trinajstić information content (AvgIpc) is 2.65. The van der Waals surface area contributed by atoms with Crippen LogP contribution in [0, 0.1) is 5.92 Å². The number of benzene rings is 2. The third-order valence-electron chi connectivity index (χ3n) is 4.69. The Labute approximate surface area is 171 Å². The molecule has 0 atom stereocenters. The summed E-state index contributed by atoms with van der Waals surface area (Å²) >= 11 is 0. The van der Waals surface area contributed by atoms with Crippen molar-refractivity contribution in [1.82, 2.24) is 4.98 Å². The fourth-order valence-corrected chi connectivity index (χ4v) is 3.26. The number of hydrogen-bond donors (Lipinski definition) is 0. The van der Waals surface area contributed by atoms with Crippen LogP contribution in [0.2, 0.25) is 0 Å². The molecule has 0 radical (unpaired) electrons. The van der Waals surface area contributed by atoms with Gasteiger partial charge in [-0.05, 0) is 30.2 Å². The minimum Gasteiger partial charge on any atom is -1.00 e. The highest BCUT2D eigenvalue weighted by Gasteiger charge is 2.14. The van der Waals surface area contributed by atoms with Crippen molar-refractivity contribution in [3.05, 3.63) is 72.9 Å². The lowest BCUT2D eigenvalue weighted by Crippen LogP contribution is -3.00. The second-order valence-electron chi connectivity index (χ2n) is 7.05. The van der Waals surface area contributed by atoms with Crippen LogP contribution < -0.4 is 28.5 Å². The van der Waals surface area contributed by atoms with E-state index in [9.17, 15) is 0 Å². The van der Waals surface area contributed by atoms with Gasteiger partial charge in [-0.15, -0.1) is 0 Å². The van der Waals surface area contributed by atoms with E-state index in [1.54, 1.807) is 0 Å². The van der Waals surface area contributed by atoms with E-state index in [0.717, 1.165) is 17.8 Å². The zero-order valence-corrected chi connectivity index (χ0v) is 17.3. The molecule has 0 fully saturated rings. The van der Waals surface area contributed by atoms with Crippen LogP contribution in [0.5, 0.6) is 0 Å². The molecule has 0 unspecified atom stereocenters. The Morgan fingerprint density at radius 3 is 2.42 bits per heavy atom. The maximum Gasteiger partial charge on any atom is 0.212 e. The van der Waals surface area contributed by atoms with Crippen molar-refractivity contribution in [1.29, 1.82) is 0 Å². The SMILES string of the molecule is CC(C)CC[n+]1cc(-c2ccc3ccccc3n2)cc2ccccc21.[I-]. The second kappa shape index (κ2) is 8.12. The number of nitrogens with zero attached hydrogens (tertiary/aromatic N) is 2. The van der Waals surface area contributed by atoms with Crippen molar-refractivity contribution in [2.75, 3.05) is 0 Å². The summed E-state index contributed by atoms with van der Waals surface area (Å²) in [6.07, 6.45) is 3.42. The number of rotatable bonds is 4. The van der Waals surface area contributed by atoms with Gasteiger partial charge in [-0.3, -0.25) is 0 Å². The van der Waals surface area contributed by atoms with Gasteiger partial charge in [-0.25, -0.2) is 4.98 Å². The number of halogens is 1. The van der Waals surface area contributed by atoms with Crippen LogP contribution >= 0.6 is 0 Å². The Balaban J connectivity index is 0.00000196. The van der Waals surface area contributed by atoms with E-state index >= 15 is 0 Å². The minimum atomic E-state index is 0. The Kier molecular flexibility index (Phi) is 5.87. The molecular formula is C23H23IN2. The van der Waals surface area contributed by atoms with Crippen LogP contribution in [0.25, 0.3) is 33.1 Å². The van der Waals surface area contributed by atoms with E-state index in [0.29, 0.717) is 5.92 Å². The maximum atomic E-state index is 4.88. The van der Waals surface area contributed by atoms with Gasteiger partial charge in [0.2, 0.25) is 5.52 Å². The lowest BCUT2D eigenvalue weighted by Gasteiger charge is -2.07. The molecule has 2 aromatic heterocycles. The average molecular weight is 454 g/mol. The summed E-state index contributed by atoms with van der Waals surface area (Å²) in [5.74, 6) is 0.689. The van der Waals surface area contributed by atoms with E-state index < -0.39 is 0 Å². The monoisotopic (exact) mass is 454 g/mol. The molecule has 2 aromatic carbocycles. The third kappa shape index (κ3) is 3.88. The van der Waals surface area contributed by atoms with Crippen LogP contribution in [0.4, 0.5) is 0 Å². The summed E-state index contributed by atoms with van der Waals surface area (Å²) in [6, 6.07) is 23.4. The van der Waals surface area contributed by atoms with E-state index in [4.69, 9.17) is 4.98 Å². The predicted molar refractivity (Wildman–Crippen MR) is 104 cm³/mol. The smallest absolute Gasteiger partial charge is 0.212 e. The van der Waals surface area contributed by atoms with Crippen LogP contribution in [-0.4, -0.2) is 4.98 Å². The standard InChI is InChI=1S/C23H23N2.HI/c1-17(2)13-14-25-16-20(15-19-8-4-6-10-23(19)25)22-12-11-18-7-3-5-9-21(18)24-22;/h3-12,15-17H,13-14H2,1-2H3;1H/q+1;/p-1. The predicted octanol–water partition coefficient (Wildman–Crippen LogP) is 2.39. The molecule has 4 rings (SSSR count). The molecule has 4 aromatic rings. The quantitative estimate of drug-likeness (QED) is 0.342. The molecule has 0 N–H and O–H groups in total.